The van der Waals surface area contributed by atoms with Crippen LogP contribution in [0.15, 0.2) is 40.3 Å². The van der Waals surface area contributed by atoms with Crippen LogP contribution in [-0.4, -0.2) is 34.6 Å². The third kappa shape index (κ3) is 3.60. The number of hydrogen-bond acceptors (Lipinski definition) is 5. The molecule has 1 aliphatic heterocycles. The van der Waals surface area contributed by atoms with Gasteiger partial charge in [-0.3, -0.25) is 9.78 Å². The molecular weight excluding hydrogens is 410 g/mol. The third-order valence-electron chi connectivity index (χ3n) is 3.86. The molecule has 5 nitrogen and oxygen atoms in total. The number of thiocarbonyl (C=S) groups is 1. The summed E-state index contributed by atoms with van der Waals surface area (Å²) in [7, 11) is 1.40. The fourth-order valence-corrected chi connectivity index (χ4v) is 4.68. The molecule has 2 aromatic heterocycles. The molecule has 2 atom stereocenters. The van der Waals surface area contributed by atoms with E-state index < -0.39 is 0 Å². The molecule has 0 spiro atoms. The van der Waals surface area contributed by atoms with E-state index in [0.29, 0.717) is 11.7 Å². The Labute approximate surface area is 158 Å². The summed E-state index contributed by atoms with van der Waals surface area (Å²) in [6.45, 7) is 0.502. The molecule has 24 heavy (non-hydrogen) atoms. The van der Waals surface area contributed by atoms with Gasteiger partial charge in [-0.25, -0.2) is 0 Å². The molecule has 0 radical (unpaired) electrons. The minimum absolute atomic E-state index is 0.00615. The number of nitrogens with one attached hydrogen (secondary N) is 1. The van der Waals surface area contributed by atoms with Crippen LogP contribution in [0.3, 0.4) is 0 Å². The fraction of sp³-hybridized carbons (Fsp3) is 0.312. The molecule has 1 fully saturated rings. The van der Waals surface area contributed by atoms with Crippen LogP contribution in [0.1, 0.15) is 29.1 Å². The summed E-state index contributed by atoms with van der Waals surface area (Å²) in [4.78, 5) is 19.2. The standard InChI is InChI=1S/C16H16BrN3O2S2/c1-22-13(21)5-7-20-15(12-8-10(17)9-24-12)14(19-16(20)23)11-4-2-3-6-18-11/h2-4,6,8-9,14-15H,5,7H2,1H3,(H,19,23). The number of pyridine rings is 1. The quantitative estimate of drug-likeness (QED) is 0.584. The summed E-state index contributed by atoms with van der Waals surface area (Å²) >= 11 is 10.7. The number of carbonyl (C=O) groups is 1. The van der Waals surface area contributed by atoms with Gasteiger partial charge in [0.15, 0.2) is 5.11 Å². The molecule has 2 aromatic rings. The van der Waals surface area contributed by atoms with Gasteiger partial charge in [-0.05, 0) is 46.3 Å². The molecule has 1 saturated heterocycles. The Morgan fingerprint density at radius 1 is 1.54 bits per heavy atom. The highest BCUT2D eigenvalue weighted by atomic mass is 79.9. The van der Waals surface area contributed by atoms with Gasteiger partial charge < -0.3 is 15.0 Å². The lowest BCUT2D eigenvalue weighted by molar-refractivity contribution is -0.140. The van der Waals surface area contributed by atoms with Gasteiger partial charge in [0.05, 0.1) is 31.3 Å². The molecule has 1 N–H and O–H groups in total. The van der Waals surface area contributed by atoms with Crippen LogP contribution in [0, 0.1) is 0 Å². The van der Waals surface area contributed by atoms with E-state index in [2.05, 4.69) is 32.3 Å². The summed E-state index contributed by atoms with van der Waals surface area (Å²) in [6.07, 6.45) is 2.06. The Morgan fingerprint density at radius 3 is 3.00 bits per heavy atom. The minimum atomic E-state index is -0.245. The molecule has 0 aromatic carbocycles. The zero-order chi connectivity index (χ0) is 17.1. The monoisotopic (exact) mass is 425 g/mol. The molecule has 0 bridgehead atoms. The van der Waals surface area contributed by atoms with Crippen LogP contribution < -0.4 is 5.32 Å². The van der Waals surface area contributed by atoms with E-state index in [-0.39, 0.29) is 24.5 Å². The SMILES string of the molecule is COC(=O)CCN1C(=S)NC(c2ccccn2)C1c1cc(Br)cs1. The topological polar surface area (TPSA) is 54.5 Å². The van der Waals surface area contributed by atoms with Crippen molar-refractivity contribution < 1.29 is 9.53 Å². The van der Waals surface area contributed by atoms with Gasteiger partial charge >= 0.3 is 5.97 Å². The van der Waals surface area contributed by atoms with E-state index in [4.69, 9.17) is 17.0 Å². The van der Waals surface area contributed by atoms with Crippen molar-refractivity contribution >= 4 is 50.6 Å². The molecule has 126 valence electrons. The number of esters is 1. The number of methoxy groups -OCH3 is 1. The molecule has 3 heterocycles. The number of carbonyl (C=O) groups excluding carboxylic acids is 1. The summed E-state index contributed by atoms with van der Waals surface area (Å²) < 4.78 is 5.79. The maximum Gasteiger partial charge on any atom is 0.307 e. The summed E-state index contributed by atoms with van der Waals surface area (Å²) in [5, 5.41) is 6.03. The molecule has 0 aliphatic carbocycles. The van der Waals surface area contributed by atoms with Crippen molar-refractivity contribution in [1.82, 2.24) is 15.2 Å². The zero-order valence-corrected chi connectivity index (χ0v) is 16.2. The highest BCUT2D eigenvalue weighted by Gasteiger charge is 2.40. The van der Waals surface area contributed by atoms with E-state index in [0.717, 1.165) is 15.0 Å². The highest BCUT2D eigenvalue weighted by molar-refractivity contribution is 9.10. The number of halogens is 1. The number of hydrogen-bond donors (Lipinski definition) is 1. The van der Waals surface area contributed by atoms with Crippen molar-refractivity contribution in [2.24, 2.45) is 0 Å². The van der Waals surface area contributed by atoms with Crippen LogP contribution >= 0.6 is 39.5 Å². The van der Waals surface area contributed by atoms with Crippen LogP contribution in [-0.2, 0) is 9.53 Å². The van der Waals surface area contributed by atoms with Crippen molar-refractivity contribution in [3.8, 4) is 0 Å². The fourth-order valence-electron chi connectivity index (χ4n) is 2.75. The normalized spacial score (nSPS) is 20.1. The molecule has 3 rings (SSSR count). The summed E-state index contributed by atoms with van der Waals surface area (Å²) in [6, 6.07) is 7.87. The zero-order valence-electron chi connectivity index (χ0n) is 12.9. The molecule has 1 aliphatic rings. The maximum absolute atomic E-state index is 11.5. The van der Waals surface area contributed by atoms with E-state index in [1.807, 2.05) is 28.5 Å². The summed E-state index contributed by atoms with van der Waals surface area (Å²) in [5.41, 5.74) is 0.926. The smallest absolute Gasteiger partial charge is 0.307 e. The number of ether oxygens (including phenoxy) is 1. The lowest BCUT2D eigenvalue weighted by Crippen LogP contribution is -2.31. The Morgan fingerprint density at radius 2 is 2.38 bits per heavy atom. The molecular formula is C16H16BrN3O2S2. The number of aromatic nitrogens is 1. The van der Waals surface area contributed by atoms with Crippen LogP contribution in [0.5, 0.6) is 0 Å². The van der Waals surface area contributed by atoms with E-state index >= 15 is 0 Å². The molecule has 0 saturated carbocycles. The van der Waals surface area contributed by atoms with E-state index in [1.165, 1.54) is 7.11 Å². The first-order valence-electron chi connectivity index (χ1n) is 7.39. The van der Waals surface area contributed by atoms with Crippen LogP contribution in [0.25, 0.3) is 0 Å². The van der Waals surface area contributed by atoms with Crippen molar-refractivity contribution in [1.29, 1.82) is 0 Å². The van der Waals surface area contributed by atoms with Gasteiger partial charge in [-0.2, -0.15) is 0 Å². The first kappa shape index (κ1) is 17.3. The lowest BCUT2D eigenvalue weighted by atomic mass is 10.0. The molecule has 8 heteroatoms. The van der Waals surface area contributed by atoms with Gasteiger partial charge in [0, 0.05) is 27.5 Å². The number of nitrogens with zero attached hydrogens (tertiary/aromatic N) is 2. The van der Waals surface area contributed by atoms with E-state index in [9.17, 15) is 4.79 Å². The Hall–Kier alpha value is -1.51. The Kier molecular flexibility index (Phi) is 5.47. The average Bonchev–Trinajstić information content (AvgIpc) is 3.16. The maximum atomic E-state index is 11.5. The molecule has 0 amide bonds. The lowest BCUT2D eigenvalue weighted by Gasteiger charge is -2.26. The Bertz CT molecular complexity index is 738. The van der Waals surface area contributed by atoms with Crippen LogP contribution in [0.2, 0.25) is 0 Å². The van der Waals surface area contributed by atoms with Gasteiger partial charge in [0.2, 0.25) is 0 Å². The van der Waals surface area contributed by atoms with Gasteiger partial charge in [-0.15, -0.1) is 11.3 Å². The van der Waals surface area contributed by atoms with Crippen LogP contribution in [0.4, 0.5) is 0 Å². The van der Waals surface area contributed by atoms with Crippen molar-refractivity contribution in [2.75, 3.05) is 13.7 Å². The van der Waals surface area contributed by atoms with Crippen molar-refractivity contribution in [3.05, 3.63) is 50.9 Å². The third-order valence-corrected chi connectivity index (χ3v) is 5.98. The molecule has 2 unspecified atom stereocenters. The van der Waals surface area contributed by atoms with Gasteiger partial charge in [-0.1, -0.05) is 6.07 Å². The van der Waals surface area contributed by atoms with Crippen molar-refractivity contribution in [2.45, 2.75) is 18.5 Å². The Balaban J connectivity index is 1.92. The first-order chi connectivity index (χ1) is 11.6. The second-order valence-electron chi connectivity index (χ2n) is 5.31. The number of thiophene rings is 1. The first-order valence-corrected chi connectivity index (χ1v) is 9.47. The van der Waals surface area contributed by atoms with Gasteiger partial charge in [0.1, 0.15) is 0 Å². The van der Waals surface area contributed by atoms with E-state index in [1.54, 1.807) is 17.5 Å². The largest absolute Gasteiger partial charge is 0.469 e. The predicted octanol–water partition coefficient (Wildman–Crippen LogP) is 3.44. The van der Waals surface area contributed by atoms with Gasteiger partial charge in [0.25, 0.3) is 0 Å². The second kappa shape index (κ2) is 7.58. The average molecular weight is 426 g/mol. The second-order valence-corrected chi connectivity index (χ2v) is 7.56. The highest BCUT2D eigenvalue weighted by Crippen LogP contribution is 2.41. The number of rotatable bonds is 5. The minimum Gasteiger partial charge on any atom is -0.469 e. The summed E-state index contributed by atoms with van der Waals surface area (Å²) in [5.74, 6) is -0.245. The predicted molar refractivity (Wildman–Crippen MR) is 101 cm³/mol. The van der Waals surface area contributed by atoms with Crippen molar-refractivity contribution in [3.63, 3.8) is 0 Å².